The number of likely N-dealkylation sites (tertiary alicyclic amines) is 1. The lowest BCUT2D eigenvalue weighted by Gasteiger charge is -2.31. The van der Waals surface area contributed by atoms with Crippen molar-refractivity contribution in [1.82, 2.24) is 10.3 Å². The maximum atomic E-state index is 12.0. The van der Waals surface area contributed by atoms with Crippen molar-refractivity contribution in [1.29, 1.82) is 0 Å². The molecule has 0 radical (unpaired) electrons. The number of rotatable bonds is 7. The third kappa shape index (κ3) is 5.46. The predicted molar refractivity (Wildman–Crippen MR) is 76.5 cm³/mol. The Hall–Kier alpha value is -1.14. The number of carbonyl (C=O) groups excluding carboxylic acids is 2. The van der Waals surface area contributed by atoms with Gasteiger partial charge in [0.1, 0.15) is 6.61 Å². The van der Waals surface area contributed by atoms with Gasteiger partial charge in [-0.1, -0.05) is 20.3 Å². The molecule has 1 fully saturated rings. The lowest BCUT2D eigenvalue weighted by molar-refractivity contribution is -0.140. The summed E-state index contributed by atoms with van der Waals surface area (Å²) in [5.74, 6) is 5.41. The highest BCUT2D eigenvalue weighted by Gasteiger charge is 2.26. The summed E-state index contributed by atoms with van der Waals surface area (Å²) in [6.45, 7) is 6.25. The summed E-state index contributed by atoms with van der Waals surface area (Å²) < 4.78 is 5.47. The molecule has 1 heterocycles. The van der Waals surface area contributed by atoms with Crippen LogP contribution in [0, 0.1) is 11.8 Å². The molecule has 1 unspecified atom stereocenters. The number of nitrogens with one attached hydrogen (secondary N) is 1. The first kappa shape index (κ1) is 16.9. The highest BCUT2D eigenvalue weighted by molar-refractivity contribution is 5.80. The first-order chi connectivity index (χ1) is 9.58. The maximum absolute atomic E-state index is 12.0. The largest absolute Gasteiger partial charge is 0.371 e. The normalized spacial score (nSPS) is 17.9. The van der Waals surface area contributed by atoms with E-state index in [2.05, 4.69) is 19.3 Å². The fourth-order valence-corrected chi connectivity index (χ4v) is 2.52. The van der Waals surface area contributed by atoms with Gasteiger partial charge in [0.15, 0.2) is 0 Å². The summed E-state index contributed by atoms with van der Waals surface area (Å²) in [5.41, 5.74) is 2.17. The number of amides is 2. The molecule has 0 spiro atoms. The number of nitrogens with two attached hydrogens (primary N) is 1. The Morgan fingerprint density at radius 3 is 2.60 bits per heavy atom. The smallest absolute Gasteiger partial charge is 0.248 e. The van der Waals surface area contributed by atoms with Gasteiger partial charge in [0.05, 0.1) is 0 Å². The molecule has 116 valence electrons. The number of hydrogen-bond acceptors (Lipinski definition) is 4. The molecule has 6 heteroatoms. The molecule has 0 aliphatic carbocycles. The lowest BCUT2D eigenvalue weighted by Crippen LogP contribution is -2.45. The van der Waals surface area contributed by atoms with Crippen molar-refractivity contribution in [3.8, 4) is 0 Å². The van der Waals surface area contributed by atoms with E-state index in [-0.39, 0.29) is 24.3 Å². The van der Waals surface area contributed by atoms with E-state index in [1.165, 1.54) is 0 Å². The van der Waals surface area contributed by atoms with E-state index in [1.807, 2.05) is 0 Å². The van der Waals surface area contributed by atoms with Crippen molar-refractivity contribution in [2.24, 2.45) is 17.7 Å². The van der Waals surface area contributed by atoms with E-state index in [1.54, 1.807) is 4.90 Å². The topological polar surface area (TPSA) is 84.7 Å². The molecule has 6 nitrogen and oxygen atoms in total. The second kappa shape index (κ2) is 8.92. The van der Waals surface area contributed by atoms with Crippen LogP contribution in [0.25, 0.3) is 0 Å². The third-order valence-electron chi connectivity index (χ3n) is 3.77. The van der Waals surface area contributed by atoms with Crippen LogP contribution in [0.3, 0.4) is 0 Å². The summed E-state index contributed by atoms with van der Waals surface area (Å²) in [7, 11) is 0. The van der Waals surface area contributed by atoms with Crippen LogP contribution < -0.4 is 11.3 Å². The zero-order valence-corrected chi connectivity index (χ0v) is 12.6. The van der Waals surface area contributed by atoms with E-state index in [9.17, 15) is 9.59 Å². The molecule has 1 atom stereocenters. The van der Waals surface area contributed by atoms with Crippen LogP contribution in [-0.4, -0.2) is 43.0 Å². The average Bonchev–Trinajstić information content (AvgIpc) is 2.46. The molecule has 1 aliphatic heterocycles. The minimum atomic E-state index is -0.137. The molecule has 1 saturated heterocycles. The summed E-state index contributed by atoms with van der Waals surface area (Å²) in [5, 5.41) is 0. The zero-order chi connectivity index (χ0) is 15.0. The maximum Gasteiger partial charge on any atom is 0.248 e. The predicted octanol–water partition coefficient (Wildman–Crippen LogP) is 0.668. The Balaban J connectivity index is 2.21. The molecule has 0 aromatic heterocycles. The van der Waals surface area contributed by atoms with Gasteiger partial charge in [-0.25, -0.2) is 5.84 Å². The molecule has 2 amide bonds. The van der Waals surface area contributed by atoms with Gasteiger partial charge in [-0.15, -0.1) is 0 Å². The van der Waals surface area contributed by atoms with Crippen LogP contribution in [0.5, 0.6) is 0 Å². The van der Waals surface area contributed by atoms with Gasteiger partial charge >= 0.3 is 0 Å². The average molecular weight is 285 g/mol. The highest BCUT2D eigenvalue weighted by Crippen LogP contribution is 2.17. The molecule has 20 heavy (non-hydrogen) atoms. The Morgan fingerprint density at radius 1 is 1.40 bits per heavy atom. The van der Waals surface area contributed by atoms with Crippen molar-refractivity contribution >= 4 is 11.8 Å². The van der Waals surface area contributed by atoms with Crippen LogP contribution in [0.4, 0.5) is 0 Å². The van der Waals surface area contributed by atoms with Gasteiger partial charge in [-0.05, 0) is 25.2 Å². The van der Waals surface area contributed by atoms with Gasteiger partial charge in [0.25, 0.3) is 0 Å². The van der Waals surface area contributed by atoms with Crippen LogP contribution in [0.15, 0.2) is 0 Å². The van der Waals surface area contributed by atoms with Crippen molar-refractivity contribution in [2.75, 3.05) is 26.3 Å². The van der Waals surface area contributed by atoms with Crippen LogP contribution in [0.1, 0.15) is 39.5 Å². The van der Waals surface area contributed by atoms with Crippen molar-refractivity contribution in [2.45, 2.75) is 39.5 Å². The summed E-state index contributed by atoms with van der Waals surface area (Å²) >= 11 is 0. The fourth-order valence-electron chi connectivity index (χ4n) is 2.52. The van der Waals surface area contributed by atoms with E-state index in [4.69, 9.17) is 10.6 Å². The molecule has 0 bridgehead atoms. The molecule has 1 rings (SSSR count). The van der Waals surface area contributed by atoms with E-state index in [0.717, 1.165) is 12.8 Å². The zero-order valence-electron chi connectivity index (χ0n) is 12.6. The molecular weight excluding hydrogens is 258 g/mol. The third-order valence-corrected chi connectivity index (χ3v) is 3.77. The number of hydrazine groups is 1. The minimum Gasteiger partial charge on any atom is -0.371 e. The van der Waals surface area contributed by atoms with E-state index >= 15 is 0 Å². The van der Waals surface area contributed by atoms with Crippen molar-refractivity contribution in [3.05, 3.63) is 0 Å². The van der Waals surface area contributed by atoms with Crippen LogP contribution in [0.2, 0.25) is 0 Å². The van der Waals surface area contributed by atoms with Gasteiger partial charge in [-0.2, -0.15) is 0 Å². The first-order valence-electron chi connectivity index (χ1n) is 7.44. The number of ether oxygens (including phenoxy) is 1. The number of nitrogens with zero attached hydrogens (tertiary/aromatic N) is 1. The Morgan fingerprint density at radius 2 is 2.05 bits per heavy atom. The standard InChI is InChI=1S/C14H27N3O3/c1-3-4-11(2)9-20-10-13(18)17-7-5-12(6-8-17)14(19)16-15/h11-12H,3-10,15H2,1-2H3,(H,16,19). The molecule has 0 aromatic carbocycles. The van der Waals surface area contributed by atoms with Crippen LogP contribution in [-0.2, 0) is 14.3 Å². The van der Waals surface area contributed by atoms with E-state index in [0.29, 0.717) is 38.5 Å². The van der Waals surface area contributed by atoms with Crippen LogP contribution >= 0.6 is 0 Å². The molecule has 1 aliphatic rings. The van der Waals surface area contributed by atoms with Crippen molar-refractivity contribution < 1.29 is 14.3 Å². The minimum absolute atomic E-state index is 0.0142. The highest BCUT2D eigenvalue weighted by atomic mass is 16.5. The summed E-state index contributed by atoms with van der Waals surface area (Å²) in [6.07, 6.45) is 3.59. The van der Waals surface area contributed by atoms with Gasteiger partial charge in [0, 0.05) is 25.6 Å². The SMILES string of the molecule is CCCC(C)COCC(=O)N1CCC(C(=O)NN)CC1. The number of hydrogen-bond donors (Lipinski definition) is 2. The molecule has 0 saturated carbocycles. The first-order valence-corrected chi connectivity index (χ1v) is 7.44. The second-order valence-electron chi connectivity index (χ2n) is 5.57. The lowest BCUT2D eigenvalue weighted by atomic mass is 9.96. The summed E-state index contributed by atoms with van der Waals surface area (Å²) in [4.78, 5) is 25.1. The Kier molecular flexibility index (Phi) is 7.54. The number of carbonyl (C=O) groups is 2. The Bertz CT molecular complexity index is 315. The monoisotopic (exact) mass is 285 g/mol. The quantitative estimate of drug-likeness (QED) is 0.409. The van der Waals surface area contributed by atoms with Gasteiger partial charge in [0.2, 0.25) is 11.8 Å². The van der Waals surface area contributed by atoms with E-state index < -0.39 is 0 Å². The van der Waals surface area contributed by atoms with Gasteiger partial charge in [-0.3, -0.25) is 15.0 Å². The van der Waals surface area contributed by atoms with Gasteiger partial charge < -0.3 is 9.64 Å². The molecule has 3 N–H and O–H groups in total. The van der Waals surface area contributed by atoms with Crippen molar-refractivity contribution in [3.63, 3.8) is 0 Å². The summed E-state index contributed by atoms with van der Waals surface area (Å²) in [6, 6.07) is 0. The number of piperidine rings is 1. The molecule has 0 aromatic rings. The Labute approximate surface area is 121 Å². The molecular formula is C14H27N3O3. The fraction of sp³-hybridized carbons (Fsp3) is 0.857. The second-order valence-corrected chi connectivity index (χ2v) is 5.57.